The Morgan fingerprint density at radius 1 is 1.00 bits per heavy atom. The summed E-state index contributed by atoms with van der Waals surface area (Å²) in [4.78, 5) is 15.1. The van der Waals surface area contributed by atoms with Crippen molar-refractivity contribution in [1.82, 2.24) is 10.2 Å². The monoisotopic (exact) mass is 350 g/mol. The normalized spacial score (nSPS) is 25.8. The Morgan fingerprint density at radius 2 is 1.62 bits per heavy atom. The summed E-state index contributed by atoms with van der Waals surface area (Å²) in [7, 11) is 0. The summed E-state index contributed by atoms with van der Waals surface area (Å²) in [6.07, 6.45) is 2.07. The van der Waals surface area contributed by atoms with E-state index in [1.54, 1.807) is 0 Å². The van der Waals surface area contributed by atoms with Gasteiger partial charge >= 0.3 is 0 Å². The van der Waals surface area contributed by atoms with Gasteiger partial charge in [-0.3, -0.25) is 4.79 Å². The molecule has 0 spiro atoms. The minimum atomic E-state index is -0.573. The fraction of sp³-hybridized carbons (Fsp3) is 0.409. The minimum Gasteiger partial charge on any atom is -0.391 e. The number of carbonyl (C=O) groups is 1. The molecule has 2 aromatic rings. The number of carbonyl (C=O) groups excluding carboxylic acids is 1. The summed E-state index contributed by atoms with van der Waals surface area (Å²) in [5, 5.41) is 13.3. The van der Waals surface area contributed by atoms with Crippen molar-refractivity contribution in [2.75, 3.05) is 13.1 Å². The van der Waals surface area contributed by atoms with E-state index < -0.39 is 12.1 Å². The van der Waals surface area contributed by atoms with Crippen LogP contribution in [0.25, 0.3) is 0 Å². The molecule has 2 heterocycles. The Bertz CT molecular complexity index is 695. The number of amides is 1. The van der Waals surface area contributed by atoms with Crippen molar-refractivity contribution in [2.24, 2.45) is 0 Å². The first-order chi connectivity index (χ1) is 12.8. The maximum atomic E-state index is 13.1. The lowest BCUT2D eigenvalue weighted by Gasteiger charge is -2.34. The fourth-order valence-corrected chi connectivity index (χ4v) is 4.49. The van der Waals surface area contributed by atoms with Crippen molar-refractivity contribution in [1.29, 1.82) is 0 Å². The minimum absolute atomic E-state index is 0.0503. The molecule has 0 aliphatic carbocycles. The van der Waals surface area contributed by atoms with Gasteiger partial charge in [0.1, 0.15) is 6.04 Å². The van der Waals surface area contributed by atoms with E-state index in [9.17, 15) is 9.90 Å². The standard InChI is InChI=1S/C22H26N2O2/c25-19-13-14-23-21(19)22(26)24-15-7-12-18(24)20(16-8-3-1-4-9-16)17-10-5-2-6-11-17/h1-6,8-11,18-21,23,25H,7,12-15H2/t18-,19-,21-/m0/s1. The predicted octanol–water partition coefficient (Wildman–Crippen LogP) is 2.53. The molecule has 2 fully saturated rings. The Morgan fingerprint density at radius 3 is 2.15 bits per heavy atom. The lowest BCUT2D eigenvalue weighted by molar-refractivity contribution is -0.136. The number of aliphatic hydroxyl groups is 1. The van der Waals surface area contributed by atoms with Crippen LogP contribution in [0.4, 0.5) is 0 Å². The van der Waals surface area contributed by atoms with Crippen LogP contribution < -0.4 is 5.32 Å². The van der Waals surface area contributed by atoms with Crippen LogP contribution >= 0.6 is 0 Å². The van der Waals surface area contributed by atoms with Crippen molar-refractivity contribution < 1.29 is 9.90 Å². The van der Waals surface area contributed by atoms with Crippen LogP contribution in [0, 0.1) is 0 Å². The number of benzene rings is 2. The zero-order valence-corrected chi connectivity index (χ0v) is 14.9. The molecule has 4 heteroatoms. The van der Waals surface area contributed by atoms with Gasteiger partial charge in [-0.1, -0.05) is 60.7 Å². The van der Waals surface area contributed by atoms with Crippen LogP contribution in [0.5, 0.6) is 0 Å². The van der Waals surface area contributed by atoms with E-state index in [2.05, 4.69) is 53.8 Å². The third kappa shape index (κ3) is 3.27. The third-order valence-corrected chi connectivity index (χ3v) is 5.74. The molecule has 4 rings (SSSR count). The highest BCUT2D eigenvalue weighted by molar-refractivity contribution is 5.83. The van der Waals surface area contributed by atoms with E-state index in [-0.39, 0.29) is 17.9 Å². The van der Waals surface area contributed by atoms with Gasteiger partial charge in [-0.25, -0.2) is 0 Å². The molecule has 0 saturated carbocycles. The number of hydrogen-bond acceptors (Lipinski definition) is 3. The molecule has 2 saturated heterocycles. The number of nitrogens with zero attached hydrogens (tertiary/aromatic N) is 1. The lowest BCUT2D eigenvalue weighted by atomic mass is 9.83. The summed E-state index contributed by atoms with van der Waals surface area (Å²) in [6.45, 7) is 1.47. The second-order valence-corrected chi connectivity index (χ2v) is 7.33. The van der Waals surface area contributed by atoms with Crippen molar-refractivity contribution in [3.8, 4) is 0 Å². The average Bonchev–Trinajstić information content (AvgIpc) is 3.33. The Hall–Kier alpha value is -2.17. The van der Waals surface area contributed by atoms with Gasteiger partial charge in [0, 0.05) is 18.5 Å². The molecular formula is C22H26N2O2. The topological polar surface area (TPSA) is 52.6 Å². The molecule has 2 aliphatic rings. The van der Waals surface area contributed by atoms with Crippen LogP contribution in [-0.4, -0.2) is 47.2 Å². The molecule has 0 bridgehead atoms. The SMILES string of the molecule is O=C([C@H]1NCC[C@@H]1O)N1CCC[C@H]1C(c1ccccc1)c1ccccc1. The second kappa shape index (κ2) is 7.60. The average molecular weight is 350 g/mol. The van der Waals surface area contributed by atoms with Gasteiger partial charge in [-0.05, 0) is 36.9 Å². The molecule has 1 amide bonds. The van der Waals surface area contributed by atoms with Crippen molar-refractivity contribution in [3.05, 3.63) is 71.8 Å². The quantitative estimate of drug-likeness (QED) is 0.891. The van der Waals surface area contributed by atoms with Crippen LogP contribution in [0.1, 0.15) is 36.3 Å². The number of aliphatic hydroxyl groups excluding tert-OH is 1. The molecule has 3 atom stereocenters. The highest BCUT2D eigenvalue weighted by atomic mass is 16.3. The molecule has 0 radical (unpaired) electrons. The van der Waals surface area contributed by atoms with Crippen LogP contribution in [-0.2, 0) is 4.79 Å². The maximum absolute atomic E-state index is 13.1. The molecular weight excluding hydrogens is 324 g/mol. The first-order valence-electron chi connectivity index (χ1n) is 9.57. The van der Waals surface area contributed by atoms with Crippen molar-refractivity contribution in [2.45, 2.75) is 43.4 Å². The summed E-state index contributed by atoms with van der Waals surface area (Å²) in [5.41, 5.74) is 2.48. The van der Waals surface area contributed by atoms with Crippen molar-refractivity contribution in [3.63, 3.8) is 0 Å². The summed E-state index contributed by atoms with van der Waals surface area (Å²) < 4.78 is 0. The van der Waals surface area contributed by atoms with Gasteiger partial charge in [0.25, 0.3) is 0 Å². The van der Waals surface area contributed by atoms with E-state index in [0.29, 0.717) is 13.0 Å². The summed E-state index contributed by atoms with van der Waals surface area (Å²) in [6, 6.07) is 20.6. The molecule has 26 heavy (non-hydrogen) atoms. The Balaban J connectivity index is 1.67. The molecule has 0 aromatic heterocycles. The maximum Gasteiger partial charge on any atom is 0.242 e. The third-order valence-electron chi connectivity index (χ3n) is 5.74. The van der Waals surface area contributed by atoms with Crippen LogP contribution in [0.3, 0.4) is 0 Å². The van der Waals surface area contributed by atoms with Gasteiger partial charge in [0.15, 0.2) is 0 Å². The highest BCUT2D eigenvalue weighted by Crippen LogP contribution is 2.37. The van der Waals surface area contributed by atoms with Gasteiger partial charge < -0.3 is 15.3 Å². The smallest absolute Gasteiger partial charge is 0.242 e. The number of hydrogen-bond donors (Lipinski definition) is 2. The first kappa shape index (κ1) is 17.3. The first-order valence-corrected chi connectivity index (χ1v) is 9.57. The second-order valence-electron chi connectivity index (χ2n) is 7.33. The number of likely N-dealkylation sites (tertiary alicyclic amines) is 1. The predicted molar refractivity (Wildman–Crippen MR) is 102 cm³/mol. The highest BCUT2D eigenvalue weighted by Gasteiger charge is 2.41. The van der Waals surface area contributed by atoms with E-state index in [4.69, 9.17) is 0 Å². The molecule has 2 N–H and O–H groups in total. The fourth-order valence-electron chi connectivity index (χ4n) is 4.49. The lowest BCUT2D eigenvalue weighted by Crippen LogP contribution is -2.51. The number of rotatable bonds is 4. The molecule has 2 aliphatic heterocycles. The van der Waals surface area contributed by atoms with E-state index >= 15 is 0 Å². The van der Waals surface area contributed by atoms with E-state index in [1.165, 1.54) is 11.1 Å². The largest absolute Gasteiger partial charge is 0.391 e. The van der Waals surface area contributed by atoms with Crippen LogP contribution in [0.15, 0.2) is 60.7 Å². The van der Waals surface area contributed by atoms with Gasteiger partial charge in [0.2, 0.25) is 5.91 Å². The Labute approximate surface area is 154 Å². The summed E-state index contributed by atoms with van der Waals surface area (Å²) >= 11 is 0. The molecule has 4 nitrogen and oxygen atoms in total. The number of nitrogens with one attached hydrogen (secondary N) is 1. The van der Waals surface area contributed by atoms with Crippen molar-refractivity contribution >= 4 is 5.91 Å². The van der Waals surface area contributed by atoms with Gasteiger partial charge in [-0.2, -0.15) is 0 Å². The van der Waals surface area contributed by atoms with Gasteiger partial charge in [0.05, 0.1) is 6.10 Å². The molecule has 136 valence electrons. The Kier molecular flexibility index (Phi) is 5.05. The van der Waals surface area contributed by atoms with E-state index in [0.717, 1.165) is 19.4 Å². The van der Waals surface area contributed by atoms with E-state index in [1.807, 2.05) is 17.0 Å². The van der Waals surface area contributed by atoms with Crippen LogP contribution in [0.2, 0.25) is 0 Å². The zero-order chi connectivity index (χ0) is 17.9. The summed E-state index contributed by atoms with van der Waals surface area (Å²) in [5.74, 6) is 0.205. The molecule has 2 aromatic carbocycles. The zero-order valence-electron chi connectivity index (χ0n) is 14.9. The molecule has 0 unspecified atom stereocenters. The van der Waals surface area contributed by atoms with Gasteiger partial charge in [-0.15, -0.1) is 0 Å².